The van der Waals surface area contributed by atoms with Crippen molar-refractivity contribution >= 4 is 5.96 Å². The minimum absolute atomic E-state index is 0.583. The van der Waals surface area contributed by atoms with Gasteiger partial charge in [0.25, 0.3) is 0 Å². The summed E-state index contributed by atoms with van der Waals surface area (Å²) in [6.45, 7) is 7.96. The maximum absolute atomic E-state index is 5.45. The Hall–Kier alpha value is -0.810. The Balaban J connectivity index is 3.41. The summed E-state index contributed by atoms with van der Waals surface area (Å²) in [6.07, 6.45) is 0. The van der Waals surface area contributed by atoms with Gasteiger partial charge in [-0.15, -0.1) is 0 Å². The molecule has 5 nitrogen and oxygen atoms in total. The molecule has 0 aromatic carbocycles. The topological polar surface area (TPSA) is 54.9 Å². The first-order valence-corrected chi connectivity index (χ1v) is 5.72. The second kappa shape index (κ2) is 10.7. The molecular weight excluding hydrogens is 206 g/mol. The molecule has 0 unspecified atom stereocenters. The van der Waals surface area contributed by atoms with Crippen LogP contribution in [-0.2, 0) is 9.47 Å². The van der Waals surface area contributed by atoms with E-state index in [0.717, 1.165) is 25.7 Å². The van der Waals surface area contributed by atoms with E-state index in [1.165, 1.54) is 0 Å². The van der Waals surface area contributed by atoms with Gasteiger partial charge < -0.3 is 20.1 Å². The Bertz CT molecular complexity index is 184. The Kier molecular flexibility index (Phi) is 10.2. The number of hydrogen-bond donors (Lipinski definition) is 2. The van der Waals surface area contributed by atoms with E-state index < -0.39 is 0 Å². The highest BCUT2D eigenvalue weighted by Crippen LogP contribution is 1.90. The maximum Gasteiger partial charge on any atom is 0.191 e. The highest BCUT2D eigenvalue weighted by Gasteiger charge is 1.96. The van der Waals surface area contributed by atoms with Crippen LogP contribution in [0.25, 0.3) is 0 Å². The quantitative estimate of drug-likeness (QED) is 0.362. The number of ether oxygens (including phenoxy) is 2. The van der Waals surface area contributed by atoms with E-state index in [-0.39, 0.29) is 0 Å². The Morgan fingerprint density at radius 2 is 1.81 bits per heavy atom. The average molecular weight is 231 g/mol. The molecule has 0 radical (unpaired) electrons. The van der Waals surface area contributed by atoms with Crippen LogP contribution in [0.15, 0.2) is 4.99 Å². The molecule has 0 amide bonds. The molecule has 0 aliphatic heterocycles. The third kappa shape index (κ3) is 9.73. The standard InChI is InChI=1S/C11H25N3O2/c1-10(2)9-16-8-6-14-11(12-3)13-5-7-15-4/h10H,5-9H2,1-4H3,(H2,12,13,14). The first kappa shape index (κ1) is 15.2. The van der Waals surface area contributed by atoms with Crippen molar-refractivity contribution in [2.45, 2.75) is 13.8 Å². The fraction of sp³-hybridized carbons (Fsp3) is 0.909. The van der Waals surface area contributed by atoms with Crippen LogP contribution in [0.1, 0.15) is 13.8 Å². The fourth-order valence-corrected chi connectivity index (χ4v) is 1.05. The van der Waals surface area contributed by atoms with Crippen LogP contribution in [-0.4, -0.2) is 53.0 Å². The normalized spacial score (nSPS) is 11.9. The number of aliphatic imine (C=N–C) groups is 1. The van der Waals surface area contributed by atoms with Gasteiger partial charge in [0.15, 0.2) is 5.96 Å². The van der Waals surface area contributed by atoms with Gasteiger partial charge in [-0.25, -0.2) is 0 Å². The maximum atomic E-state index is 5.45. The van der Waals surface area contributed by atoms with E-state index >= 15 is 0 Å². The molecule has 0 aromatic rings. The largest absolute Gasteiger partial charge is 0.383 e. The third-order valence-corrected chi connectivity index (χ3v) is 1.81. The van der Waals surface area contributed by atoms with Crippen molar-refractivity contribution in [3.63, 3.8) is 0 Å². The van der Waals surface area contributed by atoms with E-state index in [9.17, 15) is 0 Å². The van der Waals surface area contributed by atoms with Gasteiger partial charge in [0, 0.05) is 33.9 Å². The zero-order chi connectivity index (χ0) is 12.2. The van der Waals surface area contributed by atoms with E-state index in [0.29, 0.717) is 19.1 Å². The lowest BCUT2D eigenvalue weighted by Crippen LogP contribution is -2.40. The van der Waals surface area contributed by atoms with Crippen LogP contribution in [0, 0.1) is 5.92 Å². The van der Waals surface area contributed by atoms with Crippen LogP contribution >= 0.6 is 0 Å². The third-order valence-electron chi connectivity index (χ3n) is 1.81. The van der Waals surface area contributed by atoms with Crippen molar-refractivity contribution in [1.29, 1.82) is 0 Å². The predicted octanol–water partition coefficient (Wildman–Crippen LogP) is 0.470. The van der Waals surface area contributed by atoms with Crippen molar-refractivity contribution < 1.29 is 9.47 Å². The molecule has 0 aromatic heterocycles. The van der Waals surface area contributed by atoms with Crippen molar-refractivity contribution in [1.82, 2.24) is 10.6 Å². The highest BCUT2D eigenvalue weighted by atomic mass is 16.5. The summed E-state index contributed by atoms with van der Waals surface area (Å²) in [5, 5.41) is 6.29. The van der Waals surface area contributed by atoms with Crippen LogP contribution in [0.2, 0.25) is 0 Å². The Labute approximate surface area is 98.6 Å². The van der Waals surface area contributed by atoms with Crippen LogP contribution in [0.3, 0.4) is 0 Å². The van der Waals surface area contributed by atoms with Gasteiger partial charge in [-0.05, 0) is 5.92 Å². The molecule has 96 valence electrons. The van der Waals surface area contributed by atoms with Crippen molar-refractivity contribution in [2.75, 3.05) is 47.1 Å². The summed E-state index contributed by atoms with van der Waals surface area (Å²) < 4.78 is 10.4. The number of hydrogen-bond acceptors (Lipinski definition) is 3. The zero-order valence-corrected chi connectivity index (χ0v) is 10.9. The molecule has 0 bridgehead atoms. The summed E-state index contributed by atoms with van der Waals surface area (Å²) in [5.74, 6) is 1.37. The second-order valence-electron chi connectivity index (χ2n) is 3.89. The molecule has 0 aliphatic carbocycles. The van der Waals surface area contributed by atoms with Crippen LogP contribution < -0.4 is 10.6 Å². The molecule has 0 fully saturated rings. The molecule has 0 rings (SSSR count). The molecule has 0 heterocycles. The van der Waals surface area contributed by atoms with Crippen molar-refractivity contribution in [3.05, 3.63) is 0 Å². The van der Waals surface area contributed by atoms with Gasteiger partial charge >= 0.3 is 0 Å². The molecule has 5 heteroatoms. The molecule has 0 atom stereocenters. The van der Waals surface area contributed by atoms with Crippen LogP contribution in [0.4, 0.5) is 0 Å². The summed E-state index contributed by atoms with van der Waals surface area (Å²) >= 11 is 0. The first-order chi connectivity index (χ1) is 7.70. The minimum atomic E-state index is 0.583. The Morgan fingerprint density at radius 3 is 2.31 bits per heavy atom. The lowest BCUT2D eigenvalue weighted by atomic mass is 10.2. The van der Waals surface area contributed by atoms with Gasteiger partial charge in [0.05, 0.1) is 13.2 Å². The van der Waals surface area contributed by atoms with Crippen LogP contribution in [0.5, 0.6) is 0 Å². The van der Waals surface area contributed by atoms with Gasteiger partial charge in [0.1, 0.15) is 0 Å². The van der Waals surface area contributed by atoms with Gasteiger partial charge in [-0.3, -0.25) is 4.99 Å². The van der Waals surface area contributed by atoms with E-state index in [1.807, 2.05) is 0 Å². The lowest BCUT2D eigenvalue weighted by molar-refractivity contribution is 0.114. The second-order valence-corrected chi connectivity index (χ2v) is 3.89. The molecule has 0 spiro atoms. The molecule has 2 N–H and O–H groups in total. The molecule has 16 heavy (non-hydrogen) atoms. The summed E-state index contributed by atoms with van der Waals surface area (Å²) in [6, 6.07) is 0. The average Bonchev–Trinajstić information content (AvgIpc) is 2.26. The summed E-state index contributed by atoms with van der Waals surface area (Å²) in [7, 11) is 3.43. The molecule has 0 saturated heterocycles. The lowest BCUT2D eigenvalue weighted by Gasteiger charge is -2.12. The number of nitrogens with zero attached hydrogens (tertiary/aromatic N) is 1. The van der Waals surface area contributed by atoms with Gasteiger partial charge in [-0.1, -0.05) is 13.8 Å². The highest BCUT2D eigenvalue weighted by molar-refractivity contribution is 5.79. The van der Waals surface area contributed by atoms with E-state index in [2.05, 4.69) is 29.5 Å². The Morgan fingerprint density at radius 1 is 1.19 bits per heavy atom. The SMILES string of the molecule is CN=C(NCCOC)NCCOCC(C)C. The molecule has 0 saturated carbocycles. The van der Waals surface area contributed by atoms with Crippen molar-refractivity contribution in [2.24, 2.45) is 10.9 Å². The zero-order valence-electron chi connectivity index (χ0n) is 10.9. The monoisotopic (exact) mass is 231 g/mol. The number of nitrogens with one attached hydrogen (secondary N) is 2. The molecule has 0 aliphatic rings. The summed E-state index contributed by atoms with van der Waals surface area (Å²) in [5.41, 5.74) is 0. The number of rotatable bonds is 8. The number of guanidine groups is 1. The van der Waals surface area contributed by atoms with E-state index in [4.69, 9.17) is 9.47 Å². The minimum Gasteiger partial charge on any atom is -0.383 e. The van der Waals surface area contributed by atoms with Gasteiger partial charge in [0.2, 0.25) is 0 Å². The summed E-state index contributed by atoms with van der Waals surface area (Å²) in [4.78, 5) is 4.08. The predicted molar refractivity (Wildman–Crippen MR) is 66.9 cm³/mol. The number of methoxy groups -OCH3 is 1. The fourth-order valence-electron chi connectivity index (χ4n) is 1.05. The van der Waals surface area contributed by atoms with Gasteiger partial charge in [-0.2, -0.15) is 0 Å². The smallest absolute Gasteiger partial charge is 0.191 e. The van der Waals surface area contributed by atoms with E-state index in [1.54, 1.807) is 14.2 Å². The van der Waals surface area contributed by atoms with Crippen molar-refractivity contribution in [3.8, 4) is 0 Å². The first-order valence-electron chi connectivity index (χ1n) is 5.72. The molecular formula is C11H25N3O2.